The number of rotatable bonds is 3. The number of nitrogens with zero attached hydrogens (tertiary/aromatic N) is 2. The summed E-state index contributed by atoms with van der Waals surface area (Å²) in [6.07, 6.45) is 0. The second kappa shape index (κ2) is 12.7. The van der Waals surface area contributed by atoms with E-state index in [0.717, 1.165) is 0 Å². The maximum Gasteiger partial charge on any atom is 0.0547 e. The molecule has 2 heterocycles. The van der Waals surface area contributed by atoms with Crippen LogP contribution in [0, 0.1) is 0 Å². The molecule has 0 radical (unpaired) electrons. The Bertz CT molecular complexity index is 4210. The van der Waals surface area contributed by atoms with E-state index >= 15 is 0 Å². The van der Waals surface area contributed by atoms with Gasteiger partial charge >= 0.3 is 0 Å². The Balaban J connectivity index is 1.03. The van der Waals surface area contributed by atoms with Gasteiger partial charge in [-0.05, 0) is 120 Å². The molecule has 286 valence electrons. The van der Waals surface area contributed by atoms with Gasteiger partial charge in [0.1, 0.15) is 0 Å². The fraction of sp³-hybridized carbons (Fsp3) is 0. The van der Waals surface area contributed by atoms with Gasteiger partial charge in [0.25, 0.3) is 0 Å². The number of hydrogen-bond donors (Lipinski definition) is 0. The standard InChI is InChI=1S/C60H36N2/c1-2-15-39-33-42(29-25-37(39)13-1)61-54-23-11-9-20-47(54)51-34-40(27-31-56(51)61)41-28-32-57-52(35-41)48-21-10-12-24-55(48)62(57)58-36-53-46-19-6-5-17-44(46)45-18-7-8-22-49(45)60(53)59-43-16-4-3-14-38(43)26-30-50(58)59/h1-36H. The molecule has 0 spiro atoms. The highest BCUT2D eigenvalue weighted by Crippen LogP contribution is 2.46. The molecule has 2 nitrogen and oxygen atoms in total. The van der Waals surface area contributed by atoms with E-state index in [1.807, 2.05) is 0 Å². The van der Waals surface area contributed by atoms with Crippen molar-refractivity contribution in [3.8, 4) is 22.5 Å². The highest BCUT2D eigenvalue weighted by Gasteiger charge is 2.21. The van der Waals surface area contributed by atoms with Crippen LogP contribution in [0.1, 0.15) is 0 Å². The minimum atomic E-state index is 1.17. The summed E-state index contributed by atoms with van der Waals surface area (Å²) >= 11 is 0. The van der Waals surface area contributed by atoms with Crippen LogP contribution in [0.3, 0.4) is 0 Å². The van der Waals surface area contributed by atoms with Gasteiger partial charge in [-0.3, -0.25) is 0 Å². The first kappa shape index (κ1) is 33.6. The lowest BCUT2D eigenvalue weighted by molar-refractivity contribution is 1.19. The van der Waals surface area contributed by atoms with E-state index in [9.17, 15) is 0 Å². The first-order chi connectivity index (χ1) is 30.8. The zero-order valence-corrected chi connectivity index (χ0v) is 33.7. The van der Waals surface area contributed by atoms with Crippen molar-refractivity contribution >= 4 is 108 Å². The highest BCUT2D eigenvalue weighted by molar-refractivity contribution is 6.36. The van der Waals surface area contributed by atoms with E-state index < -0.39 is 0 Å². The predicted molar refractivity (Wildman–Crippen MR) is 266 cm³/mol. The van der Waals surface area contributed by atoms with Gasteiger partial charge in [0.2, 0.25) is 0 Å². The molecule has 2 aromatic heterocycles. The Hall–Kier alpha value is -8.20. The summed E-state index contributed by atoms with van der Waals surface area (Å²) in [6, 6.07) is 81.2. The Labute approximate surface area is 356 Å². The molecule has 0 bridgehead atoms. The largest absolute Gasteiger partial charge is 0.309 e. The molecule has 0 aliphatic heterocycles. The zero-order valence-electron chi connectivity index (χ0n) is 33.7. The number of hydrogen-bond acceptors (Lipinski definition) is 0. The maximum atomic E-state index is 2.52. The predicted octanol–water partition coefficient (Wildman–Crippen LogP) is 16.5. The van der Waals surface area contributed by atoms with Crippen LogP contribution in [0.15, 0.2) is 218 Å². The van der Waals surface area contributed by atoms with Crippen LogP contribution in [0.5, 0.6) is 0 Å². The lowest BCUT2D eigenvalue weighted by atomic mass is 9.88. The molecule has 0 saturated heterocycles. The van der Waals surface area contributed by atoms with E-state index in [-0.39, 0.29) is 0 Å². The maximum absolute atomic E-state index is 2.52. The lowest BCUT2D eigenvalue weighted by Crippen LogP contribution is -1.97. The van der Waals surface area contributed by atoms with Crippen LogP contribution < -0.4 is 0 Å². The van der Waals surface area contributed by atoms with Crippen LogP contribution in [0.25, 0.3) is 131 Å². The van der Waals surface area contributed by atoms with Crippen molar-refractivity contribution in [1.82, 2.24) is 9.13 Å². The van der Waals surface area contributed by atoms with Crippen LogP contribution >= 0.6 is 0 Å². The monoisotopic (exact) mass is 784 g/mol. The van der Waals surface area contributed by atoms with Gasteiger partial charge in [-0.2, -0.15) is 0 Å². The molecule has 0 atom stereocenters. The number of para-hydroxylation sites is 2. The van der Waals surface area contributed by atoms with Crippen molar-refractivity contribution in [2.75, 3.05) is 0 Å². The summed E-state index contributed by atoms with van der Waals surface area (Å²) in [5.74, 6) is 0. The van der Waals surface area contributed by atoms with Crippen LogP contribution in [-0.2, 0) is 0 Å². The Kier molecular flexibility index (Phi) is 6.86. The molecule has 2 heteroatoms. The summed E-state index contributed by atoms with van der Waals surface area (Å²) in [4.78, 5) is 0. The van der Waals surface area contributed by atoms with E-state index in [4.69, 9.17) is 0 Å². The summed E-state index contributed by atoms with van der Waals surface area (Å²) in [5.41, 5.74) is 9.60. The second-order valence-corrected chi connectivity index (χ2v) is 16.8. The molecular formula is C60H36N2. The molecule has 0 fully saturated rings. The molecule has 0 aliphatic carbocycles. The van der Waals surface area contributed by atoms with Crippen LogP contribution in [-0.4, -0.2) is 9.13 Å². The minimum absolute atomic E-state index is 1.17. The summed E-state index contributed by atoms with van der Waals surface area (Å²) < 4.78 is 4.94. The third-order valence-electron chi connectivity index (χ3n) is 13.6. The summed E-state index contributed by atoms with van der Waals surface area (Å²) in [5, 5.41) is 20.3. The second-order valence-electron chi connectivity index (χ2n) is 16.8. The van der Waals surface area contributed by atoms with Crippen molar-refractivity contribution in [2.45, 2.75) is 0 Å². The third-order valence-corrected chi connectivity index (χ3v) is 13.6. The summed E-state index contributed by atoms with van der Waals surface area (Å²) in [7, 11) is 0. The number of fused-ring (bicyclic) bond motifs is 17. The molecular weight excluding hydrogens is 749 g/mol. The van der Waals surface area contributed by atoms with Crippen LogP contribution in [0.4, 0.5) is 0 Å². The lowest BCUT2D eigenvalue weighted by Gasteiger charge is -2.19. The first-order valence-electron chi connectivity index (χ1n) is 21.5. The third kappa shape index (κ3) is 4.64. The van der Waals surface area contributed by atoms with E-state index in [1.54, 1.807) is 0 Å². The Morgan fingerprint density at radius 3 is 1.39 bits per heavy atom. The van der Waals surface area contributed by atoms with Gasteiger partial charge in [-0.1, -0.05) is 164 Å². The fourth-order valence-corrected chi connectivity index (χ4v) is 10.9. The highest BCUT2D eigenvalue weighted by atomic mass is 15.0. The van der Waals surface area contributed by atoms with Crippen molar-refractivity contribution in [2.24, 2.45) is 0 Å². The average Bonchev–Trinajstić information content (AvgIpc) is 3.85. The van der Waals surface area contributed by atoms with Crippen molar-refractivity contribution in [1.29, 1.82) is 0 Å². The topological polar surface area (TPSA) is 9.86 Å². The minimum Gasteiger partial charge on any atom is -0.309 e. The molecule has 0 aliphatic rings. The quantitative estimate of drug-likeness (QED) is 0.158. The van der Waals surface area contributed by atoms with Gasteiger partial charge in [0.05, 0.1) is 27.8 Å². The van der Waals surface area contributed by atoms with Gasteiger partial charge in [0, 0.05) is 38.0 Å². The van der Waals surface area contributed by atoms with Crippen molar-refractivity contribution < 1.29 is 0 Å². The van der Waals surface area contributed by atoms with Gasteiger partial charge in [0.15, 0.2) is 0 Å². The molecule has 62 heavy (non-hydrogen) atoms. The van der Waals surface area contributed by atoms with E-state index in [1.165, 1.54) is 131 Å². The van der Waals surface area contributed by atoms with Crippen molar-refractivity contribution in [3.63, 3.8) is 0 Å². The van der Waals surface area contributed by atoms with E-state index in [0.29, 0.717) is 0 Å². The molecule has 12 aromatic carbocycles. The number of benzene rings is 12. The zero-order chi connectivity index (χ0) is 40.5. The van der Waals surface area contributed by atoms with Gasteiger partial charge in [-0.15, -0.1) is 0 Å². The molecule has 0 amide bonds. The summed E-state index contributed by atoms with van der Waals surface area (Å²) in [6.45, 7) is 0. The SMILES string of the molecule is c1ccc2cc(-n3c4ccccc4c4cc(-c5ccc6c(c5)c5ccccc5n6-c5cc6c7ccccc7c7ccccc7c6c6c5ccc5ccccc56)ccc43)ccc2c1. The molecule has 0 N–H and O–H groups in total. The van der Waals surface area contributed by atoms with Gasteiger partial charge in [-0.25, -0.2) is 0 Å². The number of aromatic nitrogens is 2. The fourth-order valence-electron chi connectivity index (χ4n) is 10.9. The van der Waals surface area contributed by atoms with E-state index in [2.05, 4.69) is 228 Å². The van der Waals surface area contributed by atoms with Gasteiger partial charge < -0.3 is 9.13 Å². The smallest absolute Gasteiger partial charge is 0.0547 e. The van der Waals surface area contributed by atoms with Crippen molar-refractivity contribution in [3.05, 3.63) is 218 Å². The Morgan fingerprint density at radius 1 is 0.226 bits per heavy atom. The average molecular weight is 785 g/mol. The Morgan fingerprint density at radius 2 is 0.694 bits per heavy atom. The molecule has 0 unspecified atom stereocenters. The molecule has 0 saturated carbocycles. The normalized spacial score (nSPS) is 12.2. The van der Waals surface area contributed by atoms with Crippen LogP contribution in [0.2, 0.25) is 0 Å². The molecule has 14 aromatic rings. The molecule has 14 rings (SSSR count). The first-order valence-corrected chi connectivity index (χ1v) is 21.5.